The first-order chi connectivity index (χ1) is 9.05. The molecule has 0 radical (unpaired) electrons. The smallest absolute Gasteiger partial charge is 0.308 e. The fourth-order valence-corrected chi connectivity index (χ4v) is 1.81. The van der Waals surface area contributed by atoms with Gasteiger partial charge in [-0.25, -0.2) is 0 Å². The number of nitrogens with zero attached hydrogens (tertiary/aromatic N) is 1. The van der Waals surface area contributed by atoms with Gasteiger partial charge in [-0.05, 0) is 24.7 Å². The summed E-state index contributed by atoms with van der Waals surface area (Å²) in [5.41, 5.74) is 1.12. The lowest BCUT2D eigenvalue weighted by atomic mass is 10.2. The molecule has 0 fully saturated rings. The number of hydrogen-bond acceptors (Lipinski definition) is 5. The number of likely N-dealkylation sites (N-methyl/N-ethyl adjacent to an activating group) is 1. The molecule has 1 rings (SSSR count). The second kappa shape index (κ2) is 7.76. The van der Waals surface area contributed by atoms with Crippen molar-refractivity contribution in [2.45, 2.75) is 19.1 Å². The fraction of sp³-hybridized carbons (Fsp3) is 0.500. The summed E-state index contributed by atoms with van der Waals surface area (Å²) in [5.74, 6) is 0.419. The van der Waals surface area contributed by atoms with Gasteiger partial charge in [0.2, 0.25) is 0 Å². The normalized spacial score (nSPS) is 12.3. The Labute approximate surface area is 113 Å². The molecule has 1 aromatic rings. The molecule has 0 amide bonds. The first-order valence-corrected chi connectivity index (χ1v) is 6.11. The summed E-state index contributed by atoms with van der Waals surface area (Å²) in [7, 11) is 4.84. The quantitative estimate of drug-likeness (QED) is 0.748. The molecule has 0 aliphatic carbocycles. The van der Waals surface area contributed by atoms with Crippen molar-refractivity contribution >= 4 is 5.97 Å². The Kier molecular flexibility index (Phi) is 6.32. The number of benzene rings is 1. The van der Waals surface area contributed by atoms with Crippen LogP contribution in [0.25, 0.3) is 0 Å². The first kappa shape index (κ1) is 15.5. The van der Waals surface area contributed by atoms with E-state index < -0.39 is 12.1 Å². The van der Waals surface area contributed by atoms with Gasteiger partial charge in [0.1, 0.15) is 5.75 Å². The third-order valence-electron chi connectivity index (χ3n) is 2.76. The van der Waals surface area contributed by atoms with Crippen molar-refractivity contribution in [2.24, 2.45) is 0 Å². The predicted octanol–water partition coefficient (Wildman–Crippen LogP) is 1.05. The number of methoxy groups -OCH3 is 2. The van der Waals surface area contributed by atoms with Crippen LogP contribution in [0.2, 0.25) is 0 Å². The van der Waals surface area contributed by atoms with Crippen LogP contribution in [0.15, 0.2) is 24.3 Å². The molecule has 106 valence electrons. The molecular weight excluding hydrogens is 246 g/mol. The molecule has 0 bridgehead atoms. The van der Waals surface area contributed by atoms with E-state index in [1.165, 1.54) is 7.11 Å². The van der Waals surface area contributed by atoms with Gasteiger partial charge in [-0.1, -0.05) is 12.1 Å². The van der Waals surface area contributed by atoms with Gasteiger partial charge in [-0.15, -0.1) is 0 Å². The van der Waals surface area contributed by atoms with Gasteiger partial charge >= 0.3 is 5.97 Å². The summed E-state index contributed by atoms with van der Waals surface area (Å²) < 4.78 is 9.60. The van der Waals surface area contributed by atoms with Crippen molar-refractivity contribution in [1.82, 2.24) is 4.90 Å². The molecule has 0 aromatic heterocycles. The minimum Gasteiger partial charge on any atom is -0.497 e. The van der Waals surface area contributed by atoms with Crippen molar-refractivity contribution in [2.75, 3.05) is 27.8 Å². The molecule has 0 heterocycles. The maximum Gasteiger partial charge on any atom is 0.308 e. The van der Waals surface area contributed by atoms with Crippen LogP contribution in [0.5, 0.6) is 5.75 Å². The second-order valence-electron chi connectivity index (χ2n) is 4.48. The zero-order valence-electron chi connectivity index (χ0n) is 11.6. The van der Waals surface area contributed by atoms with Gasteiger partial charge in [-0.2, -0.15) is 0 Å². The van der Waals surface area contributed by atoms with Gasteiger partial charge in [0.25, 0.3) is 0 Å². The van der Waals surface area contributed by atoms with Crippen molar-refractivity contribution in [3.05, 3.63) is 29.8 Å². The Bertz CT molecular complexity index is 391. The molecule has 0 spiro atoms. The lowest BCUT2D eigenvalue weighted by molar-refractivity contribution is -0.143. The Morgan fingerprint density at radius 1 is 1.32 bits per heavy atom. The van der Waals surface area contributed by atoms with Crippen molar-refractivity contribution in [1.29, 1.82) is 0 Å². The minimum atomic E-state index is -0.712. The molecule has 0 saturated heterocycles. The summed E-state index contributed by atoms with van der Waals surface area (Å²) in [6, 6.07) is 7.74. The van der Waals surface area contributed by atoms with Crippen LogP contribution in [0.4, 0.5) is 0 Å². The van der Waals surface area contributed by atoms with Crippen LogP contribution >= 0.6 is 0 Å². The van der Waals surface area contributed by atoms with Crippen LogP contribution < -0.4 is 4.74 Å². The number of carbonyl (C=O) groups excluding carboxylic acids is 1. The second-order valence-corrected chi connectivity index (χ2v) is 4.48. The number of esters is 1. The standard InChI is InChI=1S/C14H21NO4/c1-15(10-12(16)8-14(17)19-3)9-11-4-6-13(18-2)7-5-11/h4-7,12,16H,8-10H2,1-3H3. The molecule has 1 aromatic carbocycles. The van der Waals surface area contributed by atoms with E-state index in [0.29, 0.717) is 13.1 Å². The molecule has 1 atom stereocenters. The summed E-state index contributed by atoms with van der Waals surface area (Å²) in [6.07, 6.45) is -0.695. The first-order valence-electron chi connectivity index (χ1n) is 6.11. The number of aliphatic hydroxyl groups is 1. The summed E-state index contributed by atoms with van der Waals surface area (Å²) in [6.45, 7) is 1.11. The highest BCUT2D eigenvalue weighted by Gasteiger charge is 2.13. The zero-order valence-corrected chi connectivity index (χ0v) is 11.6. The van der Waals surface area contributed by atoms with Gasteiger partial charge in [0.05, 0.1) is 26.7 Å². The predicted molar refractivity (Wildman–Crippen MR) is 72.0 cm³/mol. The highest BCUT2D eigenvalue weighted by Crippen LogP contribution is 2.12. The third kappa shape index (κ3) is 5.72. The molecule has 1 unspecified atom stereocenters. The molecule has 0 aliphatic rings. The lowest BCUT2D eigenvalue weighted by Crippen LogP contribution is -2.30. The van der Waals surface area contributed by atoms with E-state index in [-0.39, 0.29) is 6.42 Å². The fourth-order valence-electron chi connectivity index (χ4n) is 1.81. The molecular formula is C14H21NO4. The minimum absolute atomic E-state index is 0.0173. The van der Waals surface area contributed by atoms with Crippen molar-refractivity contribution in [3.8, 4) is 5.75 Å². The zero-order chi connectivity index (χ0) is 14.3. The average molecular weight is 267 g/mol. The van der Waals surface area contributed by atoms with E-state index in [1.54, 1.807) is 7.11 Å². The summed E-state index contributed by atoms with van der Waals surface area (Å²) in [4.78, 5) is 13.0. The highest BCUT2D eigenvalue weighted by molar-refractivity contribution is 5.69. The summed E-state index contributed by atoms with van der Waals surface area (Å²) in [5, 5.41) is 9.72. The number of carbonyl (C=O) groups is 1. The van der Waals surface area contributed by atoms with Gasteiger partial charge in [0, 0.05) is 13.1 Å². The van der Waals surface area contributed by atoms with Crippen LogP contribution in [0.3, 0.4) is 0 Å². The lowest BCUT2D eigenvalue weighted by Gasteiger charge is -2.20. The van der Waals surface area contributed by atoms with Crippen LogP contribution in [-0.2, 0) is 16.1 Å². The Hall–Kier alpha value is -1.59. The van der Waals surface area contributed by atoms with Crippen LogP contribution in [-0.4, -0.2) is 49.9 Å². The Morgan fingerprint density at radius 2 is 1.95 bits per heavy atom. The van der Waals surface area contributed by atoms with Crippen molar-refractivity contribution in [3.63, 3.8) is 0 Å². The molecule has 19 heavy (non-hydrogen) atoms. The molecule has 0 aliphatic heterocycles. The number of rotatable bonds is 7. The van der Waals surface area contributed by atoms with E-state index in [1.807, 2.05) is 36.2 Å². The Balaban J connectivity index is 2.41. The van der Waals surface area contributed by atoms with Gasteiger partial charge in [-0.3, -0.25) is 9.69 Å². The van der Waals surface area contributed by atoms with E-state index in [9.17, 15) is 9.90 Å². The molecule has 0 saturated carbocycles. The van der Waals surface area contributed by atoms with Crippen LogP contribution in [0.1, 0.15) is 12.0 Å². The SMILES string of the molecule is COC(=O)CC(O)CN(C)Cc1ccc(OC)cc1. The topological polar surface area (TPSA) is 59.0 Å². The van der Waals surface area contributed by atoms with E-state index >= 15 is 0 Å². The summed E-state index contributed by atoms with van der Waals surface area (Å²) >= 11 is 0. The van der Waals surface area contributed by atoms with E-state index in [2.05, 4.69) is 4.74 Å². The third-order valence-corrected chi connectivity index (χ3v) is 2.76. The average Bonchev–Trinajstić information content (AvgIpc) is 2.39. The van der Waals surface area contributed by atoms with E-state index in [4.69, 9.17) is 4.74 Å². The maximum atomic E-state index is 11.0. The molecule has 1 N–H and O–H groups in total. The number of hydrogen-bond donors (Lipinski definition) is 1. The largest absolute Gasteiger partial charge is 0.497 e. The van der Waals surface area contributed by atoms with Gasteiger partial charge in [0.15, 0.2) is 0 Å². The van der Waals surface area contributed by atoms with Gasteiger partial charge < -0.3 is 14.6 Å². The van der Waals surface area contributed by atoms with Crippen LogP contribution in [0, 0.1) is 0 Å². The van der Waals surface area contributed by atoms with Crippen molar-refractivity contribution < 1.29 is 19.4 Å². The molecule has 5 heteroatoms. The number of ether oxygens (including phenoxy) is 2. The monoisotopic (exact) mass is 267 g/mol. The Morgan fingerprint density at radius 3 is 2.47 bits per heavy atom. The maximum absolute atomic E-state index is 11.0. The highest BCUT2D eigenvalue weighted by atomic mass is 16.5. The molecule has 5 nitrogen and oxygen atoms in total. The number of aliphatic hydroxyl groups excluding tert-OH is 1. The van der Waals surface area contributed by atoms with E-state index in [0.717, 1.165) is 11.3 Å².